The summed E-state index contributed by atoms with van der Waals surface area (Å²) in [5.74, 6) is -0.292. The first-order valence-electron chi connectivity index (χ1n) is 11.7. The molecule has 0 bridgehead atoms. The number of esters is 1. The number of carbonyl (C=O) groups is 1. The number of nitrogens with zero attached hydrogens (tertiary/aromatic N) is 2. The van der Waals surface area contributed by atoms with Gasteiger partial charge in [0.2, 0.25) is 0 Å². The van der Waals surface area contributed by atoms with Gasteiger partial charge in [-0.25, -0.2) is 9.18 Å². The fraction of sp³-hybridized carbons (Fsp3) is 0.522. The van der Waals surface area contributed by atoms with E-state index in [4.69, 9.17) is 30.3 Å². The number of aromatic nitrogens is 2. The lowest BCUT2D eigenvalue weighted by molar-refractivity contribution is -0.206. The highest BCUT2D eigenvalue weighted by Gasteiger charge is 2.59. The van der Waals surface area contributed by atoms with Crippen molar-refractivity contribution in [2.24, 2.45) is 4.74 Å². The minimum absolute atomic E-state index is 0.126. The summed E-state index contributed by atoms with van der Waals surface area (Å²) in [7, 11) is -2.84. The first kappa shape index (κ1) is 29.9. The van der Waals surface area contributed by atoms with Crippen LogP contribution in [-0.2, 0) is 18.8 Å². The van der Waals surface area contributed by atoms with Crippen LogP contribution in [-0.4, -0.2) is 57.4 Å². The number of hydrogen-bond donors (Lipinski definition) is 2. The molecule has 2 aromatic rings. The molecule has 1 aliphatic rings. The molecule has 12 nitrogen and oxygen atoms in total. The first-order valence-corrected chi connectivity index (χ1v) is 13.2. The first-order chi connectivity index (χ1) is 18.0. The van der Waals surface area contributed by atoms with E-state index >= 15 is 4.39 Å². The third-order valence-electron chi connectivity index (χ3n) is 5.74. The number of benzene rings is 1. The van der Waals surface area contributed by atoms with Gasteiger partial charge < -0.3 is 24.2 Å². The Morgan fingerprint density at radius 2 is 2.03 bits per heavy atom. The number of rotatable bonds is 11. The molecule has 1 aromatic carbocycles. The summed E-state index contributed by atoms with van der Waals surface area (Å²) >= 11 is 5.91. The van der Waals surface area contributed by atoms with Crippen molar-refractivity contribution in [3.8, 4) is 5.75 Å². The van der Waals surface area contributed by atoms with E-state index in [-0.39, 0.29) is 18.8 Å². The Bertz CT molecular complexity index is 1250. The fourth-order valence-electron chi connectivity index (χ4n) is 3.56. The summed E-state index contributed by atoms with van der Waals surface area (Å²) in [6.07, 6.45) is -5.35. The van der Waals surface area contributed by atoms with E-state index in [1.165, 1.54) is 24.3 Å². The molecular formula is C23H28ClFN3O9P. The third kappa shape index (κ3) is 7.25. The van der Waals surface area contributed by atoms with Crippen LogP contribution in [0.25, 0.3) is 0 Å². The molecule has 15 heteroatoms. The van der Waals surface area contributed by atoms with Crippen LogP contribution < -0.4 is 20.9 Å². The summed E-state index contributed by atoms with van der Waals surface area (Å²) in [6.45, 7) is 4.24. The lowest BCUT2D eigenvalue weighted by Crippen LogP contribution is -2.46. The summed E-state index contributed by atoms with van der Waals surface area (Å²) in [5.41, 5.74) is -4.24. The molecule has 0 aliphatic carbocycles. The average molecular weight is 576 g/mol. The minimum atomic E-state index is -2.84. The molecule has 0 radical (unpaired) electrons. The SMILES string of the molecule is CCC(=O)OC[C@H](CC)N=[P+]([O-])OC(Oc1ccc(Cl)cc1)[C@@H]1O[C@@H](n2ccc(=O)[nH]c2=O)[C@](C)(F)[C@@H]1O. The molecule has 1 aromatic heterocycles. The van der Waals surface area contributed by atoms with E-state index < -0.39 is 61.8 Å². The number of hydrogen-bond acceptors (Lipinski definition) is 10. The van der Waals surface area contributed by atoms with Crippen LogP contribution in [0.1, 0.15) is 39.8 Å². The number of aromatic amines is 1. The highest BCUT2D eigenvalue weighted by Crippen LogP contribution is 2.43. The maximum absolute atomic E-state index is 15.7. The minimum Gasteiger partial charge on any atom is -0.583 e. The standard InChI is InChI=1S/C23H28ClFN3O9P/c1-4-14(12-34-17(30)5-2)27-38(33)37-20(35-15-8-6-13(24)7-9-15)18-19(31)23(3,25)21(36-18)28-11-10-16(29)26-22(28)32/h6-11,14,18-21,31H,4-5,12H2,1-3H3,(H,26,29,32)/t14-,18+,19+,20?,21+,23+/m0/s1. The molecule has 1 fully saturated rings. The lowest BCUT2D eigenvalue weighted by atomic mass is 9.98. The lowest BCUT2D eigenvalue weighted by Gasteiger charge is -2.25. The second-order valence-corrected chi connectivity index (χ2v) is 9.92. The number of nitrogens with one attached hydrogen (secondary N) is 1. The van der Waals surface area contributed by atoms with Gasteiger partial charge in [0, 0.05) is 23.7 Å². The Balaban J connectivity index is 1.90. The summed E-state index contributed by atoms with van der Waals surface area (Å²) in [6, 6.07) is 6.25. The van der Waals surface area contributed by atoms with Crippen LogP contribution in [0.2, 0.25) is 5.02 Å². The molecule has 208 valence electrons. The zero-order valence-electron chi connectivity index (χ0n) is 20.8. The van der Waals surface area contributed by atoms with Crippen molar-refractivity contribution < 1.29 is 37.9 Å². The molecule has 3 rings (SSSR count). The second kappa shape index (κ2) is 12.9. The molecule has 0 amide bonds. The van der Waals surface area contributed by atoms with Crippen LogP contribution in [0.4, 0.5) is 4.39 Å². The summed E-state index contributed by atoms with van der Waals surface area (Å²) < 4.78 is 42.5. The Labute approximate surface area is 222 Å². The number of carbonyl (C=O) groups excluding carboxylic acids is 1. The average Bonchev–Trinajstić information content (AvgIpc) is 3.11. The number of H-pyrrole nitrogens is 1. The Hall–Kier alpha value is -2.67. The van der Waals surface area contributed by atoms with Gasteiger partial charge >= 0.3 is 19.8 Å². The zero-order chi connectivity index (χ0) is 28.0. The number of ether oxygens (including phenoxy) is 3. The smallest absolute Gasteiger partial charge is 0.346 e. The number of halogens is 2. The predicted molar refractivity (Wildman–Crippen MR) is 132 cm³/mol. The van der Waals surface area contributed by atoms with Crippen LogP contribution >= 0.6 is 19.8 Å². The quantitative estimate of drug-likeness (QED) is 0.232. The van der Waals surface area contributed by atoms with E-state index in [2.05, 4.69) is 4.74 Å². The van der Waals surface area contributed by atoms with Gasteiger partial charge in [0.05, 0.1) is 0 Å². The van der Waals surface area contributed by atoms with E-state index in [0.717, 1.165) is 23.8 Å². The van der Waals surface area contributed by atoms with Crippen molar-refractivity contribution in [3.05, 3.63) is 62.4 Å². The Kier molecular flexibility index (Phi) is 10.2. The molecule has 2 unspecified atom stereocenters. The molecule has 2 N–H and O–H groups in total. The van der Waals surface area contributed by atoms with E-state index in [0.29, 0.717) is 11.4 Å². The van der Waals surface area contributed by atoms with E-state index in [9.17, 15) is 24.4 Å². The molecule has 1 aliphatic heterocycles. The van der Waals surface area contributed by atoms with Gasteiger partial charge in [-0.2, -0.15) is 0 Å². The number of aliphatic hydroxyl groups excluding tert-OH is 1. The molecular weight excluding hydrogens is 548 g/mol. The number of aliphatic hydroxyl groups is 1. The van der Waals surface area contributed by atoms with Crippen LogP contribution in [0.15, 0.2) is 50.9 Å². The maximum atomic E-state index is 15.7. The summed E-state index contributed by atoms with van der Waals surface area (Å²) in [5, 5.41) is 11.2. The van der Waals surface area contributed by atoms with E-state index in [1.807, 2.05) is 4.98 Å². The Morgan fingerprint density at radius 1 is 1.34 bits per heavy atom. The highest BCUT2D eigenvalue weighted by molar-refractivity contribution is 7.33. The third-order valence-corrected chi connectivity index (χ3v) is 6.90. The predicted octanol–water partition coefficient (Wildman–Crippen LogP) is 2.19. The number of alkyl halides is 1. The van der Waals surface area contributed by atoms with Crippen molar-refractivity contribution in [2.75, 3.05) is 6.61 Å². The topological polar surface area (TPSA) is 164 Å². The highest BCUT2D eigenvalue weighted by atomic mass is 35.5. The molecule has 2 heterocycles. The van der Waals surface area contributed by atoms with Gasteiger partial charge in [0.15, 0.2) is 18.0 Å². The van der Waals surface area contributed by atoms with Gasteiger partial charge in [-0.1, -0.05) is 30.2 Å². The Morgan fingerprint density at radius 3 is 2.63 bits per heavy atom. The van der Waals surface area contributed by atoms with Gasteiger partial charge in [-0.05, 0) is 37.6 Å². The van der Waals surface area contributed by atoms with Crippen molar-refractivity contribution in [1.82, 2.24) is 9.55 Å². The van der Waals surface area contributed by atoms with Gasteiger partial charge in [0.25, 0.3) is 11.8 Å². The zero-order valence-corrected chi connectivity index (χ0v) is 22.4. The van der Waals surface area contributed by atoms with Crippen LogP contribution in [0, 0.1) is 0 Å². The maximum Gasteiger partial charge on any atom is 0.346 e. The molecule has 7 atom stereocenters. The van der Waals surface area contributed by atoms with Crippen molar-refractivity contribution in [2.45, 2.75) is 70.0 Å². The molecule has 0 spiro atoms. The van der Waals surface area contributed by atoms with E-state index in [1.54, 1.807) is 13.8 Å². The molecule has 0 saturated carbocycles. The largest absolute Gasteiger partial charge is 0.583 e. The van der Waals surface area contributed by atoms with Crippen LogP contribution in [0.5, 0.6) is 5.75 Å². The monoisotopic (exact) mass is 575 g/mol. The molecule has 38 heavy (non-hydrogen) atoms. The van der Waals surface area contributed by atoms with Gasteiger partial charge in [-0.3, -0.25) is 19.1 Å². The normalized spacial score (nSPS) is 25.1. The van der Waals surface area contributed by atoms with Crippen molar-refractivity contribution >= 4 is 25.7 Å². The summed E-state index contributed by atoms with van der Waals surface area (Å²) in [4.78, 5) is 50.0. The molecule has 1 saturated heterocycles. The second-order valence-electron chi connectivity index (χ2n) is 8.56. The van der Waals surface area contributed by atoms with Crippen LogP contribution in [0.3, 0.4) is 0 Å². The van der Waals surface area contributed by atoms with Gasteiger partial charge in [0.1, 0.15) is 24.5 Å². The fourth-order valence-corrected chi connectivity index (χ4v) is 4.57. The van der Waals surface area contributed by atoms with Crippen molar-refractivity contribution in [1.29, 1.82) is 0 Å². The van der Waals surface area contributed by atoms with Gasteiger partial charge in [-0.15, -0.1) is 4.52 Å². The van der Waals surface area contributed by atoms with Crippen molar-refractivity contribution in [3.63, 3.8) is 0 Å².